The van der Waals surface area contributed by atoms with Crippen LogP contribution in [0.5, 0.6) is 0 Å². The van der Waals surface area contributed by atoms with Gasteiger partial charge in [0.05, 0.1) is 23.0 Å². The van der Waals surface area contributed by atoms with E-state index in [1.54, 1.807) is 24.0 Å². The van der Waals surface area contributed by atoms with E-state index in [4.69, 9.17) is 17.3 Å². The van der Waals surface area contributed by atoms with Crippen LogP contribution in [-0.4, -0.2) is 9.78 Å². The molecule has 1 atom stereocenters. The molecule has 90 valence electrons. The van der Waals surface area contributed by atoms with E-state index in [2.05, 4.69) is 5.10 Å². The van der Waals surface area contributed by atoms with Gasteiger partial charge >= 0.3 is 0 Å². The molecule has 17 heavy (non-hydrogen) atoms. The average molecular weight is 254 g/mol. The Labute approximate surface area is 104 Å². The maximum Gasteiger partial charge on any atom is 0.123 e. The van der Waals surface area contributed by atoms with Gasteiger partial charge in [0.25, 0.3) is 0 Å². The highest BCUT2D eigenvalue weighted by atomic mass is 35.5. The molecular formula is C12H13ClFN3. The summed E-state index contributed by atoms with van der Waals surface area (Å²) in [5.41, 5.74) is 8.51. The predicted molar refractivity (Wildman–Crippen MR) is 65.4 cm³/mol. The van der Waals surface area contributed by atoms with Crippen LogP contribution >= 0.6 is 11.6 Å². The first-order chi connectivity index (χ1) is 8.00. The van der Waals surface area contributed by atoms with Crippen molar-refractivity contribution < 1.29 is 4.39 Å². The van der Waals surface area contributed by atoms with E-state index in [9.17, 15) is 4.39 Å². The van der Waals surface area contributed by atoms with Gasteiger partial charge in [-0.05, 0) is 30.2 Å². The number of hydrogen-bond donors (Lipinski definition) is 1. The second kappa shape index (κ2) is 4.47. The lowest BCUT2D eigenvalue weighted by atomic mass is 9.99. The van der Waals surface area contributed by atoms with Crippen molar-refractivity contribution in [3.8, 4) is 0 Å². The molecule has 3 nitrogen and oxygen atoms in total. The van der Waals surface area contributed by atoms with E-state index < -0.39 is 6.04 Å². The number of hydrogen-bond acceptors (Lipinski definition) is 2. The lowest BCUT2D eigenvalue weighted by Gasteiger charge is -2.15. The summed E-state index contributed by atoms with van der Waals surface area (Å²) in [5.74, 6) is -0.269. The zero-order chi connectivity index (χ0) is 12.6. The number of halogens is 2. The van der Waals surface area contributed by atoms with Crippen LogP contribution in [0.1, 0.15) is 22.9 Å². The molecule has 5 heteroatoms. The summed E-state index contributed by atoms with van der Waals surface area (Å²) < 4.78 is 14.7. The van der Waals surface area contributed by atoms with E-state index in [1.165, 1.54) is 12.1 Å². The molecule has 1 heterocycles. The summed E-state index contributed by atoms with van der Waals surface area (Å²) in [5, 5.41) is 4.56. The van der Waals surface area contributed by atoms with Gasteiger partial charge in [-0.2, -0.15) is 5.10 Å². The van der Waals surface area contributed by atoms with Crippen LogP contribution in [0.2, 0.25) is 5.02 Å². The van der Waals surface area contributed by atoms with Crippen molar-refractivity contribution in [2.45, 2.75) is 13.0 Å². The molecule has 1 aromatic carbocycles. The van der Waals surface area contributed by atoms with Crippen LogP contribution in [0.3, 0.4) is 0 Å². The van der Waals surface area contributed by atoms with Crippen LogP contribution in [0.25, 0.3) is 0 Å². The Bertz CT molecular complexity index is 531. The molecule has 2 rings (SSSR count). The predicted octanol–water partition coefficient (Wildman–Crippen LogP) is 2.57. The third-order valence-electron chi connectivity index (χ3n) is 2.80. The minimum absolute atomic E-state index is 0.269. The summed E-state index contributed by atoms with van der Waals surface area (Å²) in [6, 6.07) is 4.13. The first kappa shape index (κ1) is 12.1. The van der Waals surface area contributed by atoms with Crippen molar-refractivity contribution in [3.63, 3.8) is 0 Å². The minimum Gasteiger partial charge on any atom is -0.319 e. The highest BCUT2D eigenvalue weighted by Crippen LogP contribution is 2.27. The van der Waals surface area contributed by atoms with Gasteiger partial charge in [0, 0.05) is 7.05 Å². The molecule has 0 aliphatic carbocycles. The van der Waals surface area contributed by atoms with Crippen LogP contribution in [0.4, 0.5) is 4.39 Å². The fourth-order valence-corrected chi connectivity index (χ4v) is 2.19. The molecule has 0 bridgehead atoms. The normalized spacial score (nSPS) is 12.8. The van der Waals surface area contributed by atoms with E-state index >= 15 is 0 Å². The lowest BCUT2D eigenvalue weighted by molar-refractivity contribution is 0.622. The van der Waals surface area contributed by atoms with Gasteiger partial charge < -0.3 is 5.73 Å². The number of nitrogens with two attached hydrogens (primary N) is 1. The van der Waals surface area contributed by atoms with Crippen molar-refractivity contribution in [2.24, 2.45) is 12.8 Å². The highest BCUT2D eigenvalue weighted by molar-refractivity contribution is 6.31. The standard InChI is InChI=1S/C12H13ClFN3/c1-7-5-8(14)3-4-9(7)11(15)12-10(13)6-16-17(12)2/h3-6,11H,15H2,1-2H3. The third-order valence-corrected chi connectivity index (χ3v) is 3.09. The van der Waals surface area contributed by atoms with E-state index in [1.807, 2.05) is 6.92 Å². The Hall–Kier alpha value is -1.39. The van der Waals surface area contributed by atoms with Gasteiger partial charge in [-0.1, -0.05) is 17.7 Å². The van der Waals surface area contributed by atoms with Gasteiger partial charge in [0.15, 0.2) is 0 Å². The molecular weight excluding hydrogens is 241 g/mol. The van der Waals surface area contributed by atoms with Crippen LogP contribution in [0, 0.1) is 12.7 Å². The number of benzene rings is 1. The van der Waals surface area contributed by atoms with Crippen LogP contribution < -0.4 is 5.73 Å². The molecule has 0 spiro atoms. The molecule has 0 fully saturated rings. The maximum absolute atomic E-state index is 13.0. The lowest BCUT2D eigenvalue weighted by Crippen LogP contribution is -2.17. The Morgan fingerprint density at radius 3 is 2.71 bits per heavy atom. The van der Waals surface area contributed by atoms with Gasteiger partial charge in [0.2, 0.25) is 0 Å². The number of nitrogens with zero attached hydrogens (tertiary/aromatic N) is 2. The highest BCUT2D eigenvalue weighted by Gasteiger charge is 2.18. The quantitative estimate of drug-likeness (QED) is 0.894. The summed E-state index contributed by atoms with van der Waals surface area (Å²) in [6.45, 7) is 1.82. The summed E-state index contributed by atoms with van der Waals surface area (Å²) in [4.78, 5) is 0. The summed E-state index contributed by atoms with van der Waals surface area (Å²) in [7, 11) is 1.78. The fourth-order valence-electron chi connectivity index (χ4n) is 1.91. The van der Waals surface area contributed by atoms with Gasteiger partial charge in [0.1, 0.15) is 5.82 Å². The van der Waals surface area contributed by atoms with Gasteiger partial charge in [-0.15, -0.1) is 0 Å². The fraction of sp³-hybridized carbons (Fsp3) is 0.250. The third kappa shape index (κ3) is 2.18. The summed E-state index contributed by atoms with van der Waals surface area (Å²) in [6.07, 6.45) is 1.55. The molecule has 1 aromatic heterocycles. The summed E-state index contributed by atoms with van der Waals surface area (Å²) >= 11 is 6.04. The second-order valence-corrected chi connectivity index (χ2v) is 4.39. The van der Waals surface area contributed by atoms with Crippen LogP contribution in [0.15, 0.2) is 24.4 Å². The number of aryl methyl sites for hydroxylation is 2. The Kier molecular flexibility index (Phi) is 3.17. The van der Waals surface area contributed by atoms with E-state index in [-0.39, 0.29) is 5.82 Å². The monoisotopic (exact) mass is 253 g/mol. The molecule has 0 saturated carbocycles. The van der Waals surface area contributed by atoms with Crippen LogP contribution in [-0.2, 0) is 7.05 Å². The van der Waals surface area contributed by atoms with Crippen molar-refractivity contribution in [3.05, 3.63) is 52.1 Å². The number of aromatic nitrogens is 2. The first-order valence-electron chi connectivity index (χ1n) is 5.19. The molecule has 0 aliphatic rings. The van der Waals surface area contributed by atoms with E-state index in [0.29, 0.717) is 5.02 Å². The molecule has 0 radical (unpaired) electrons. The van der Waals surface area contributed by atoms with Crippen molar-refractivity contribution in [1.82, 2.24) is 9.78 Å². The van der Waals surface area contributed by atoms with Gasteiger partial charge in [-0.25, -0.2) is 4.39 Å². The molecule has 2 aromatic rings. The largest absolute Gasteiger partial charge is 0.319 e. The van der Waals surface area contributed by atoms with Gasteiger partial charge in [-0.3, -0.25) is 4.68 Å². The Morgan fingerprint density at radius 1 is 1.47 bits per heavy atom. The average Bonchev–Trinajstić information content (AvgIpc) is 2.58. The van der Waals surface area contributed by atoms with E-state index in [0.717, 1.165) is 16.8 Å². The Morgan fingerprint density at radius 2 is 2.18 bits per heavy atom. The van der Waals surface area contributed by atoms with Crippen molar-refractivity contribution in [2.75, 3.05) is 0 Å². The van der Waals surface area contributed by atoms with Crippen molar-refractivity contribution >= 4 is 11.6 Å². The Balaban J connectivity index is 2.47. The minimum atomic E-state index is -0.407. The smallest absolute Gasteiger partial charge is 0.123 e. The molecule has 2 N–H and O–H groups in total. The second-order valence-electron chi connectivity index (χ2n) is 3.98. The first-order valence-corrected chi connectivity index (χ1v) is 5.57. The molecule has 1 unspecified atom stereocenters. The molecule has 0 saturated heterocycles. The maximum atomic E-state index is 13.0. The van der Waals surface area contributed by atoms with Crippen molar-refractivity contribution in [1.29, 1.82) is 0 Å². The zero-order valence-corrected chi connectivity index (χ0v) is 10.4. The number of rotatable bonds is 2. The molecule has 0 amide bonds. The molecule has 0 aliphatic heterocycles. The zero-order valence-electron chi connectivity index (χ0n) is 9.61. The topological polar surface area (TPSA) is 43.8 Å². The SMILES string of the molecule is Cc1cc(F)ccc1C(N)c1c(Cl)cnn1C.